The predicted octanol–water partition coefficient (Wildman–Crippen LogP) is -0.520. The Hall–Kier alpha value is -3.82. The zero-order valence-electron chi connectivity index (χ0n) is 57.4. The number of nitrogens with one attached hydrogen (secondary N) is 7. The fraction of sp³-hybridized carbons (Fsp3) is 0.905. The van der Waals surface area contributed by atoms with Crippen molar-refractivity contribution in [2.45, 2.75) is 260 Å². The molecule has 0 aromatic rings. The second-order valence-electron chi connectivity index (χ2n) is 30.1. The first kappa shape index (κ1) is 83.3. The molecule has 532 valence electrons. The molecule has 2 rings (SSSR count). The summed E-state index contributed by atoms with van der Waals surface area (Å²) >= 11 is 0. The number of rotatable bonds is 42. The summed E-state index contributed by atoms with van der Waals surface area (Å²) in [4.78, 5) is 77.6. The molecule has 0 radical (unpaired) electrons. The molecule has 2 fully saturated rings. The second-order valence-corrected chi connectivity index (χ2v) is 30.1. The summed E-state index contributed by atoms with van der Waals surface area (Å²) in [6.45, 7) is 27.6. The van der Waals surface area contributed by atoms with Crippen LogP contribution in [0.2, 0.25) is 0 Å². The van der Waals surface area contributed by atoms with E-state index in [1.165, 1.54) is 27.7 Å². The Balaban J connectivity index is 2.25. The molecule has 16 N–H and O–H groups in total. The maximum atomic E-state index is 13.9. The van der Waals surface area contributed by atoms with E-state index in [1.807, 2.05) is 83.1 Å². The highest BCUT2D eigenvalue weighted by Crippen LogP contribution is 2.38. The first-order valence-corrected chi connectivity index (χ1v) is 31.9. The minimum absolute atomic E-state index is 0.0381. The van der Waals surface area contributed by atoms with Crippen molar-refractivity contribution in [3.05, 3.63) is 0 Å². The lowest BCUT2D eigenvalue weighted by molar-refractivity contribution is -0.276. The Kier molecular flexibility index (Phi) is 33.8. The molecule has 91 heavy (non-hydrogen) atoms. The van der Waals surface area contributed by atoms with E-state index in [9.17, 15) is 74.7 Å². The lowest BCUT2D eigenvalue weighted by Gasteiger charge is -2.43. The van der Waals surface area contributed by atoms with Gasteiger partial charge in [0.2, 0.25) is 35.4 Å². The Morgan fingerprint density at radius 3 is 1.14 bits per heavy atom. The van der Waals surface area contributed by atoms with Gasteiger partial charge >= 0.3 is 0 Å². The van der Waals surface area contributed by atoms with Crippen LogP contribution >= 0.6 is 0 Å². The summed E-state index contributed by atoms with van der Waals surface area (Å²) < 4.78 is 35.7. The lowest BCUT2D eigenvalue weighted by Crippen LogP contribution is -2.64. The number of carbonyl (C=O) groups is 6. The summed E-state index contributed by atoms with van der Waals surface area (Å²) in [5.74, 6) is -2.17. The minimum atomic E-state index is -1.47. The number of carbonyl (C=O) groups excluding carboxylic acids is 6. The number of hydrogen-bond donors (Lipinski definition) is 16. The average molecular weight is 1310 g/mol. The van der Waals surface area contributed by atoms with Crippen LogP contribution in [0.3, 0.4) is 0 Å². The van der Waals surface area contributed by atoms with Crippen LogP contribution < -0.4 is 37.2 Å². The van der Waals surface area contributed by atoms with Crippen molar-refractivity contribution in [3.63, 3.8) is 0 Å². The van der Waals surface area contributed by atoms with Crippen LogP contribution in [0.15, 0.2) is 0 Å². The van der Waals surface area contributed by atoms with Crippen LogP contribution in [-0.4, -0.2) is 246 Å². The average Bonchev–Trinajstić information content (AvgIpc) is 0.867. The molecule has 2 aliphatic heterocycles. The van der Waals surface area contributed by atoms with Gasteiger partial charge in [0.15, 0.2) is 18.9 Å². The zero-order chi connectivity index (χ0) is 69.7. The van der Waals surface area contributed by atoms with Crippen molar-refractivity contribution in [2.24, 2.45) is 32.5 Å². The fourth-order valence-electron chi connectivity index (χ4n) is 12.7. The van der Waals surface area contributed by atoms with Gasteiger partial charge in [-0.15, -0.1) is 0 Å². The highest BCUT2D eigenvalue weighted by molar-refractivity contribution is 5.78. The van der Waals surface area contributed by atoms with Gasteiger partial charge in [0.25, 0.3) is 0 Å². The molecular weight excluding hydrogens is 1190 g/mol. The summed E-state index contributed by atoms with van der Waals surface area (Å²) in [7, 11) is 1.73. The van der Waals surface area contributed by atoms with Gasteiger partial charge in [0, 0.05) is 65.2 Å². The van der Waals surface area contributed by atoms with Crippen molar-refractivity contribution in [2.75, 3.05) is 72.9 Å². The first-order chi connectivity index (χ1) is 41.9. The van der Waals surface area contributed by atoms with Gasteiger partial charge in [-0.3, -0.25) is 28.8 Å². The quantitative estimate of drug-likeness (QED) is 0.0342. The van der Waals surface area contributed by atoms with Gasteiger partial charge in [-0.2, -0.15) is 0 Å². The van der Waals surface area contributed by atoms with E-state index < -0.39 is 168 Å². The molecule has 28 heteroatoms. The van der Waals surface area contributed by atoms with E-state index in [4.69, 9.17) is 28.4 Å². The smallest absolute Gasteiger partial charge is 0.220 e. The Morgan fingerprint density at radius 1 is 0.505 bits per heavy atom. The van der Waals surface area contributed by atoms with Crippen molar-refractivity contribution in [3.8, 4) is 0 Å². The molecule has 6 amide bonds. The number of aliphatic hydroxyl groups is 9. The van der Waals surface area contributed by atoms with Crippen LogP contribution in [0, 0.1) is 32.5 Å². The summed E-state index contributed by atoms with van der Waals surface area (Å²) in [6, 6.07) is -3.21. The molecule has 2 aliphatic rings. The van der Waals surface area contributed by atoms with Crippen molar-refractivity contribution in [1.29, 1.82) is 0 Å². The SMILES string of the molecule is CNC(CCC(=O)NCC(C)(C)CC(C)(C)COC1OC(CO)C(O)C(O)C1NC(C)=O)(CCC(=O)NCC(C)(C)CC(C)(C)COC1OC(CO)C(O)C(O)C1NC(C)=O)CCC(=O)NCC(C)(C)CC(C)(C)COC(OC(CO)[C@@H](C)O)[C@H](CO)NC(C)=O. The molecule has 2 saturated heterocycles. The van der Waals surface area contributed by atoms with E-state index in [0.717, 1.165) is 0 Å². The van der Waals surface area contributed by atoms with Crippen molar-refractivity contribution >= 4 is 35.4 Å². The van der Waals surface area contributed by atoms with Gasteiger partial charge in [0.1, 0.15) is 60.9 Å². The van der Waals surface area contributed by atoms with Gasteiger partial charge in [-0.25, -0.2) is 0 Å². The van der Waals surface area contributed by atoms with Crippen LogP contribution in [0.4, 0.5) is 0 Å². The van der Waals surface area contributed by atoms with Gasteiger partial charge in [-0.1, -0.05) is 83.1 Å². The van der Waals surface area contributed by atoms with Gasteiger partial charge in [-0.05, 0) is 85.0 Å². The molecule has 0 bridgehead atoms. The number of aliphatic hydroxyl groups excluding tert-OH is 9. The molecule has 0 aromatic heterocycles. The Labute approximate surface area is 539 Å². The van der Waals surface area contributed by atoms with Gasteiger partial charge in [0.05, 0.1) is 52.4 Å². The topological polar surface area (TPSA) is 424 Å². The van der Waals surface area contributed by atoms with Crippen LogP contribution in [-0.2, 0) is 57.2 Å². The summed E-state index contributed by atoms with van der Waals surface area (Å²) in [5, 5.41) is 113. The normalized spacial score (nSPS) is 24.9. The molecule has 0 saturated carbocycles. The highest BCUT2D eigenvalue weighted by atomic mass is 16.7. The largest absolute Gasteiger partial charge is 0.394 e. The highest BCUT2D eigenvalue weighted by Gasteiger charge is 2.48. The van der Waals surface area contributed by atoms with Crippen LogP contribution in [0.25, 0.3) is 0 Å². The third-order valence-electron chi connectivity index (χ3n) is 16.5. The maximum Gasteiger partial charge on any atom is 0.220 e. The summed E-state index contributed by atoms with van der Waals surface area (Å²) in [6.07, 6.45) is -11.4. The molecule has 0 aliphatic carbocycles. The van der Waals surface area contributed by atoms with E-state index in [1.54, 1.807) is 7.05 Å². The van der Waals surface area contributed by atoms with Crippen molar-refractivity contribution < 1.29 is 103 Å². The predicted molar refractivity (Wildman–Crippen MR) is 336 cm³/mol. The number of hydrogen-bond acceptors (Lipinski definition) is 22. The first-order valence-electron chi connectivity index (χ1n) is 31.9. The number of ether oxygens (including phenoxy) is 6. The van der Waals surface area contributed by atoms with Crippen LogP contribution in [0.5, 0.6) is 0 Å². The second kappa shape index (κ2) is 36.9. The van der Waals surface area contributed by atoms with E-state index in [0.29, 0.717) is 19.3 Å². The van der Waals surface area contributed by atoms with E-state index in [-0.39, 0.29) is 95.7 Å². The maximum absolute atomic E-state index is 13.9. The third kappa shape index (κ3) is 29.8. The molecular formula is C63H119N7O21. The van der Waals surface area contributed by atoms with Crippen molar-refractivity contribution in [1.82, 2.24) is 37.2 Å². The monoisotopic (exact) mass is 1310 g/mol. The third-order valence-corrected chi connectivity index (χ3v) is 16.5. The van der Waals surface area contributed by atoms with Crippen LogP contribution in [0.1, 0.15) is 169 Å². The molecule has 28 nitrogen and oxygen atoms in total. The molecule has 0 aromatic carbocycles. The molecule has 2 heterocycles. The molecule has 0 spiro atoms. The lowest BCUT2D eigenvalue weighted by atomic mass is 9.75. The Morgan fingerprint density at radius 2 is 0.857 bits per heavy atom. The Bertz CT molecular complexity index is 2160. The van der Waals surface area contributed by atoms with E-state index >= 15 is 0 Å². The standard InChI is InChI=1S/C63H119N7O21/c1-37(75)42(25-72)89-54(41(24-71)68-38(2)76)86-34-60(11,12)28-57(5,6)31-65-45(79)18-21-63(64-17,22-19-46(80)66-32-58(7,8)29-61(13,14)35-87-55-48(69-39(3)77)52(84)50(82)43(26-73)90-55)23-20-47(81)67-33-59(9,10)30-62(15,16)36-88-56-49(70-40(4)78)53(85)51(83)44(27-74)91-56/h37,41-44,48-56,64,71-75,82-85H,18-36H2,1-17H3,(H,65,79)(H,66,80)(H,67,81)(H,68,76)(H,69,77)(H,70,78)/t37-,41+,42?,43?,44?,48?,49?,50?,51?,52?,53?,54?,55?,56?,63?/m1/s1. The minimum Gasteiger partial charge on any atom is -0.394 e. The zero-order valence-corrected chi connectivity index (χ0v) is 57.4. The van der Waals surface area contributed by atoms with Gasteiger partial charge < -0.3 is 112 Å². The summed E-state index contributed by atoms with van der Waals surface area (Å²) in [5.41, 5.74) is -4.02. The van der Waals surface area contributed by atoms with E-state index in [2.05, 4.69) is 37.2 Å². The molecule has 14 atom stereocenters. The number of amides is 6. The molecule has 12 unspecified atom stereocenters. The fourth-order valence-corrected chi connectivity index (χ4v) is 12.7.